The SMILES string of the molecule is CCOC(=O)c1ccc(-c2c(C)c(C(=O)c3c(Cl)cccc3Cl)n3ccccc23)c(F)c1C. The van der Waals surface area contributed by atoms with Crippen LogP contribution in [0.3, 0.4) is 0 Å². The number of pyridine rings is 1. The summed E-state index contributed by atoms with van der Waals surface area (Å²) in [5, 5.41) is 0.472. The number of ketones is 1. The summed E-state index contributed by atoms with van der Waals surface area (Å²) in [7, 11) is 0. The number of hydrogen-bond acceptors (Lipinski definition) is 3. The summed E-state index contributed by atoms with van der Waals surface area (Å²) in [6, 6.07) is 13.4. The van der Waals surface area contributed by atoms with Gasteiger partial charge in [0.25, 0.3) is 0 Å². The molecule has 0 amide bonds. The molecule has 2 aromatic heterocycles. The Labute approximate surface area is 200 Å². The summed E-state index contributed by atoms with van der Waals surface area (Å²) < 4.78 is 22.3. The van der Waals surface area contributed by atoms with Gasteiger partial charge in [-0.3, -0.25) is 4.79 Å². The second kappa shape index (κ2) is 9.00. The summed E-state index contributed by atoms with van der Waals surface area (Å²) >= 11 is 12.6. The lowest BCUT2D eigenvalue weighted by atomic mass is 9.95. The molecule has 4 aromatic rings. The molecular formula is C26H20Cl2FNO3. The Bertz CT molecular complexity index is 1400. The minimum Gasteiger partial charge on any atom is -0.462 e. The fourth-order valence-corrected chi connectivity index (χ4v) is 4.66. The Hall–Kier alpha value is -3.15. The quantitative estimate of drug-likeness (QED) is 0.225. The third-order valence-corrected chi connectivity index (χ3v) is 6.27. The fraction of sp³-hybridized carbons (Fsp3) is 0.154. The Kier molecular flexibility index (Phi) is 6.28. The largest absolute Gasteiger partial charge is 0.462 e. The minimum absolute atomic E-state index is 0.165. The molecule has 0 bridgehead atoms. The maximum absolute atomic E-state index is 15.6. The number of carbonyl (C=O) groups is 2. The number of ether oxygens (including phenoxy) is 1. The van der Waals surface area contributed by atoms with Crippen LogP contribution in [-0.2, 0) is 4.74 Å². The molecule has 33 heavy (non-hydrogen) atoms. The molecule has 2 heterocycles. The van der Waals surface area contributed by atoms with Crippen molar-refractivity contribution in [3.8, 4) is 11.1 Å². The summed E-state index contributed by atoms with van der Waals surface area (Å²) in [6.45, 7) is 5.18. The molecule has 0 spiro atoms. The first-order chi connectivity index (χ1) is 15.8. The van der Waals surface area contributed by atoms with E-state index in [0.29, 0.717) is 22.3 Å². The van der Waals surface area contributed by atoms with Crippen LogP contribution in [-0.4, -0.2) is 22.8 Å². The van der Waals surface area contributed by atoms with Crippen molar-refractivity contribution in [2.75, 3.05) is 6.61 Å². The van der Waals surface area contributed by atoms with E-state index in [-0.39, 0.29) is 44.7 Å². The van der Waals surface area contributed by atoms with E-state index >= 15 is 4.39 Å². The topological polar surface area (TPSA) is 47.8 Å². The van der Waals surface area contributed by atoms with Gasteiger partial charge in [0.05, 0.1) is 39.0 Å². The van der Waals surface area contributed by atoms with Crippen molar-refractivity contribution in [2.45, 2.75) is 20.8 Å². The van der Waals surface area contributed by atoms with Gasteiger partial charge >= 0.3 is 5.97 Å². The summed E-state index contributed by atoms with van der Waals surface area (Å²) in [5.74, 6) is -1.49. The van der Waals surface area contributed by atoms with Gasteiger partial charge in [0.1, 0.15) is 5.82 Å². The zero-order valence-electron chi connectivity index (χ0n) is 18.2. The van der Waals surface area contributed by atoms with Gasteiger partial charge in [0.2, 0.25) is 5.78 Å². The van der Waals surface area contributed by atoms with E-state index in [2.05, 4.69) is 0 Å². The highest BCUT2D eigenvalue weighted by molar-refractivity contribution is 6.41. The molecule has 0 saturated heterocycles. The van der Waals surface area contributed by atoms with Crippen LogP contribution in [0.25, 0.3) is 16.6 Å². The van der Waals surface area contributed by atoms with Crippen LogP contribution in [0.2, 0.25) is 10.0 Å². The highest BCUT2D eigenvalue weighted by atomic mass is 35.5. The number of esters is 1. The fourth-order valence-electron chi connectivity index (χ4n) is 4.09. The number of halogens is 3. The predicted octanol–water partition coefficient (Wildman–Crippen LogP) is 7.08. The number of carbonyl (C=O) groups excluding carboxylic acids is 2. The molecule has 0 atom stereocenters. The van der Waals surface area contributed by atoms with Crippen molar-refractivity contribution in [3.63, 3.8) is 0 Å². The van der Waals surface area contributed by atoms with Crippen LogP contribution in [0.5, 0.6) is 0 Å². The van der Waals surface area contributed by atoms with Gasteiger partial charge in [0, 0.05) is 17.3 Å². The Morgan fingerprint density at radius 3 is 2.33 bits per heavy atom. The van der Waals surface area contributed by atoms with Crippen molar-refractivity contribution >= 4 is 40.5 Å². The molecule has 0 saturated carbocycles. The van der Waals surface area contributed by atoms with Crippen molar-refractivity contribution in [1.29, 1.82) is 0 Å². The van der Waals surface area contributed by atoms with Crippen LogP contribution < -0.4 is 0 Å². The van der Waals surface area contributed by atoms with Crippen LogP contribution >= 0.6 is 23.2 Å². The van der Waals surface area contributed by atoms with Crippen LogP contribution in [0.15, 0.2) is 54.7 Å². The van der Waals surface area contributed by atoms with E-state index in [0.717, 1.165) is 0 Å². The lowest BCUT2D eigenvalue weighted by molar-refractivity contribution is 0.0524. The molecule has 0 radical (unpaired) electrons. The molecule has 0 fully saturated rings. The van der Waals surface area contributed by atoms with E-state index in [9.17, 15) is 9.59 Å². The van der Waals surface area contributed by atoms with Crippen LogP contribution in [0.1, 0.15) is 44.5 Å². The lowest BCUT2D eigenvalue weighted by Crippen LogP contribution is -2.09. The van der Waals surface area contributed by atoms with Gasteiger partial charge in [-0.05, 0) is 62.2 Å². The molecule has 7 heteroatoms. The molecular weight excluding hydrogens is 464 g/mol. The summed E-state index contributed by atoms with van der Waals surface area (Å²) in [4.78, 5) is 25.8. The van der Waals surface area contributed by atoms with Gasteiger partial charge in [-0.15, -0.1) is 0 Å². The highest BCUT2D eigenvalue weighted by Crippen LogP contribution is 2.38. The number of benzene rings is 2. The maximum Gasteiger partial charge on any atom is 0.338 e. The molecule has 0 N–H and O–H groups in total. The molecule has 0 unspecified atom stereocenters. The molecule has 0 aliphatic rings. The van der Waals surface area contributed by atoms with E-state index in [1.165, 1.54) is 6.92 Å². The number of nitrogens with zero attached hydrogens (tertiary/aromatic N) is 1. The Morgan fingerprint density at radius 1 is 0.970 bits per heavy atom. The predicted molar refractivity (Wildman–Crippen MR) is 128 cm³/mol. The first-order valence-corrected chi connectivity index (χ1v) is 11.1. The second-order valence-corrected chi connectivity index (χ2v) is 8.36. The van der Waals surface area contributed by atoms with Crippen molar-refractivity contribution < 1.29 is 18.7 Å². The first kappa shape index (κ1) is 23.0. The van der Waals surface area contributed by atoms with Crippen LogP contribution in [0.4, 0.5) is 4.39 Å². The smallest absolute Gasteiger partial charge is 0.338 e. The first-order valence-electron chi connectivity index (χ1n) is 10.3. The zero-order valence-corrected chi connectivity index (χ0v) is 19.7. The van der Waals surface area contributed by atoms with Gasteiger partial charge in [-0.2, -0.15) is 0 Å². The highest BCUT2D eigenvalue weighted by Gasteiger charge is 2.27. The van der Waals surface area contributed by atoms with Gasteiger partial charge in [-0.1, -0.05) is 41.4 Å². The zero-order chi connectivity index (χ0) is 23.9. The van der Waals surface area contributed by atoms with Gasteiger partial charge in [-0.25, -0.2) is 9.18 Å². The summed E-state index contributed by atoms with van der Waals surface area (Å²) in [5.41, 5.74) is 2.92. The number of fused-ring (bicyclic) bond motifs is 1. The average Bonchev–Trinajstić information content (AvgIpc) is 3.07. The van der Waals surface area contributed by atoms with Crippen LogP contribution in [0, 0.1) is 19.7 Å². The molecule has 0 aliphatic heterocycles. The average molecular weight is 484 g/mol. The third kappa shape index (κ3) is 3.81. The van der Waals surface area contributed by atoms with Crippen molar-refractivity contribution in [3.05, 3.63) is 98.5 Å². The minimum atomic E-state index is -0.580. The van der Waals surface area contributed by atoms with Crippen molar-refractivity contribution in [2.24, 2.45) is 0 Å². The van der Waals surface area contributed by atoms with E-state index in [1.807, 2.05) is 6.07 Å². The molecule has 168 valence electrons. The van der Waals surface area contributed by atoms with E-state index in [4.69, 9.17) is 27.9 Å². The standard InChI is InChI=1S/C26H20Cl2FNO3/c1-4-33-26(32)16-11-12-17(23(29)14(16)2)21-15(3)24(30-13-6-5-10-20(21)30)25(31)22-18(27)8-7-9-19(22)28/h5-13H,4H2,1-3H3. The Balaban J connectivity index is 1.97. The summed E-state index contributed by atoms with van der Waals surface area (Å²) in [6.07, 6.45) is 1.74. The molecule has 4 nitrogen and oxygen atoms in total. The maximum atomic E-state index is 15.6. The number of aromatic nitrogens is 1. The van der Waals surface area contributed by atoms with E-state index in [1.54, 1.807) is 66.9 Å². The lowest BCUT2D eigenvalue weighted by Gasteiger charge is -2.11. The second-order valence-electron chi connectivity index (χ2n) is 7.55. The monoisotopic (exact) mass is 483 g/mol. The molecule has 2 aromatic carbocycles. The number of hydrogen-bond donors (Lipinski definition) is 0. The number of rotatable bonds is 5. The third-order valence-electron chi connectivity index (χ3n) is 5.64. The normalized spacial score (nSPS) is 11.1. The molecule has 0 aliphatic carbocycles. The van der Waals surface area contributed by atoms with Gasteiger partial charge in [0.15, 0.2) is 0 Å². The van der Waals surface area contributed by atoms with E-state index < -0.39 is 11.8 Å². The molecule has 4 rings (SSSR count). The Morgan fingerprint density at radius 2 is 1.67 bits per heavy atom. The van der Waals surface area contributed by atoms with Crippen molar-refractivity contribution in [1.82, 2.24) is 4.40 Å². The van der Waals surface area contributed by atoms with Gasteiger partial charge < -0.3 is 9.14 Å².